The SMILES string of the molecule is Cl.NCc1ccc(Oc2ccccc2F)cc1F. The van der Waals surface area contributed by atoms with Crippen molar-refractivity contribution in [3.8, 4) is 11.5 Å². The molecule has 0 spiro atoms. The Kier molecular flexibility index (Phi) is 5.07. The summed E-state index contributed by atoms with van der Waals surface area (Å²) in [5.41, 5.74) is 5.73. The van der Waals surface area contributed by atoms with Gasteiger partial charge in [0.05, 0.1) is 0 Å². The highest BCUT2D eigenvalue weighted by atomic mass is 35.5. The third-order valence-corrected chi connectivity index (χ3v) is 2.31. The standard InChI is InChI=1S/C13H11F2NO.ClH/c14-11-3-1-2-4-13(11)17-10-6-5-9(8-16)12(15)7-10;/h1-7H,8,16H2;1H. The molecule has 0 bridgehead atoms. The lowest BCUT2D eigenvalue weighted by Crippen LogP contribution is -1.99. The predicted octanol–water partition coefficient (Wildman–Crippen LogP) is 3.64. The van der Waals surface area contributed by atoms with Crippen LogP contribution in [0, 0.1) is 11.6 Å². The Bertz CT molecular complexity index is 534. The van der Waals surface area contributed by atoms with Crippen molar-refractivity contribution in [1.82, 2.24) is 0 Å². The quantitative estimate of drug-likeness (QED) is 0.925. The molecule has 0 aliphatic carbocycles. The van der Waals surface area contributed by atoms with Crippen LogP contribution in [0.2, 0.25) is 0 Å². The van der Waals surface area contributed by atoms with E-state index in [1.165, 1.54) is 24.3 Å². The molecule has 0 heterocycles. The van der Waals surface area contributed by atoms with E-state index in [9.17, 15) is 8.78 Å². The van der Waals surface area contributed by atoms with Crippen molar-refractivity contribution in [1.29, 1.82) is 0 Å². The monoisotopic (exact) mass is 271 g/mol. The lowest BCUT2D eigenvalue weighted by atomic mass is 10.2. The fraction of sp³-hybridized carbons (Fsp3) is 0.0769. The lowest BCUT2D eigenvalue weighted by molar-refractivity contribution is 0.438. The van der Waals surface area contributed by atoms with Crippen LogP contribution in [-0.4, -0.2) is 0 Å². The summed E-state index contributed by atoms with van der Waals surface area (Å²) in [6.45, 7) is 0.117. The van der Waals surface area contributed by atoms with Crippen LogP contribution in [-0.2, 0) is 6.54 Å². The molecule has 96 valence electrons. The van der Waals surface area contributed by atoms with E-state index in [0.717, 1.165) is 0 Å². The number of hydrogen-bond acceptors (Lipinski definition) is 2. The molecule has 18 heavy (non-hydrogen) atoms. The van der Waals surface area contributed by atoms with Crippen LogP contribution in [0.15, 0.2) is 42.5 Å². The zero-order chi connectivity index (χ0) is 12.3. The Labute approximate surface area is 110 Å². The number of nitrogens with two attached hydrogens (primary N) is 1. The highest BCUT2D eigenvalue weighted by Crippen LogP contribution is 2.25. The van der Waals surface area contributed by atoms with Gasteiger partial charge in [0.25, 0.3) is 0 Å². The van der Waals surface area contributed by atoms with Gasteiger partial charge in [0.15, 0.2) is 11.6 Å². The van der Waals surface area contributed by atoms with E-state index >= 15 is 0 Å². The normalized spacial score (nSPS) is 9.72. The van der Waals surface area contributed by atoms with Crippen LogP contribution in [0.5, 0.6) is 11.5 Å². The van der Waals surface area contributed by atoms with Gasteiger partial charge >= 0.3 is 0 Å². The molecule has 0 saturated carbocycles. The Morgan fingerprint density at radius 1 is 1.00 bits per heavy atom. The van der Waals surface area contributed by atoms with Crippen molar-refractivity contribution >= 4 is 12.4 Å². The third-order valence-electron chi connectivity index (χ3n) is 2.31. The largest absolute Gasteiger partial charge is 0.454 e. The van der Waals surface area contributed by atoms with Crippen molar-refractivity contribution in [2.24, 2.45) is 5.73 Å². The zero-order valence-corrected chi connectivity index (χ0v) is 10.2. The minimum absolute atomic E-state index is 0. The molecule has 0 aliphatic rings. The summed E-state index contributed by atoms with van der Waals surface area (Å²) in [4.78, 5) is 0. The van der Waals surface area contributed by atoms with Crippen molar-refractivity contribution in [3.05, 3.63) is 59.7 Å². The second kappa shape index (κ2) is 6.33. The highest BCUT2D eigenvalue weighted by molar-refractivity contribution is 5.85. The fourth-order valence-electron chi connectivity index (χ4n) is 1.41. The van der Waals surface area contributed by atoms with E-state index in [0.29, 0.717) is 5.56 Å². The van der Waals surface area contributed by atoms with Gasteiger partial charge in [-0.15, -0.1) is 12.4 Å². The molecule has 0 radical (unpaired) electrons. The van der Waals surface area contributed by atoms with Crippen molar-refractivity contribution in [2.75, 3.05) is 0 Å². The maximum absolute atomic E-state index is 13.4. The number of benzene rings is 2. The number of hydrogen-bond donors (Lipinski definition) is 1. The van der Waals surface area contributed by atoms with Crippen molar-refractivity contribution in [2.45, 2.75) is 6.54 Å². The molecule has 0 amide bonds. The number of rotatable bonds is 3. The molecule has 2 rings (SSSR count). The number of ether oxygens (including phenoxy) is 1. The van der Waals surface area contributed by atoms with Crippen LogP contribution in [0.3, 0.4) is 0 Å². The first-order valence-electron chi connectivity index (χ1n) is 5.11. The molecular formula is C13H12ClF2NO. The Balaban J connectivity index is 0.00000162. The van der Waals surface area contributed by atoms with E-state index < -0.39 is 11.6 Å². The molecule has 0 saturated heterocycles. The highest BCUT2D eigenvalue weighted by Gasteiger charge is 2.06. The van der Waals surface area contributed by atoms with Crippen molar-refractivity contribution < 1.29 is 13.5 Å². The molecule has 5 heteroatoms. The van der Waals surface area contributed by atoms with E-state index in [1.54, 1.807) is 18.2 Å². The molecule has 2 aromatic carbocycles. The summed E-state index contributed by atoms with van der Waals surface area (Å²) in [5.74, 6) is -0.644. The summed E-state index contributed by atoms with van der Waals surface area (Å²) < 4.78 is 31.9. The van der Waals surface area contributed by atoms with E-state index in [-0.39, 0.29) is 30.5 Å². The summed E-state index contributed by atoms with van der Waals surface area (Å²) in [5, 5.41) is 0. The first-order chi connectivity index (χ1) is 8.20. The predicted molar refractivity (Wildman–Crippen MR) is 68.0 cm³/mol. The van der Waals surface area contributed by atoms with Crippen LogP contribution in [0.1, 0.15) is 5.56 Å². The topological polar surface area (TPSA) is 35.2 Å². The van der Waals surface area contributed by atoms with Gasteiger partial charge in [-0.1, -0.05) is 18.2 Å². The first kappa shape index (κ1) is 14.4. The molecule has 2 aromatic rings. The molecule has 0 aromatic heterocycles. The smallest absolute Gasteiger partial charge is 0.165 e. The minimum Gasteiger partial charge on any atom is -0.454 e. The average molecular weight is 272 g/mol. The van der Waals surface area contributed by atoms with Gasteiger partial charge in [0, 0.05) is 18.2 Å². The first-order valence-corrected chi connectivity index (χ1v) is 5.11. The maximum atomic E-state index is 13.4. The second-order valence-corrected chi connectivity index (χ2v) is 3.49. The number of halogens is 3. The van der Waals surface area contributed by atoms with Crippen LogP contribution < -0.4 is 10.5 Å². The van der Waals surface area contributed by atoms with E-state index in [1.807, 2.05) is 0 Å². The van der Waals surface area contributed by atoms with Gasteiger partial charge in [-0.25, -0.2) is 8.78 Å². The maximum Gasteiger partial charge on any atom is 0.165 e. The molecular weight excluding hydrogens is 260 g/mol. The summed E-state index contributed by atoms with van der Waals surface area (Å²) in [7, 11) is 0. The van der Waals surface area contributed by atoms with E-state index in [2.05, 4.69) is 0 Å². The molecule has 0 unspecified atom stereocenters. The van der Waals surface area contributed by atoms with Crippen molar-refractivity contribution in [3.63, 3.8) is 0 Å². The average Bonchev–Trinajstić information content (AvgIpc) is 2.32. The molecule has 0 aliphatic heterocycles. The third kappa shape index (κ3) is 3.18. The Morgan fingerprint density at radius 3 is 2.33 bits per heavy atom. The fourth-order valence-corrected chi connectivity index (χ4v) is 1.41. The molecule has 0 atom stereocenters. The Hall–Kier alpha value is -1.65. The van der Waals surface area contributed by atoms with E-state index in [4.69, 9.17) is 10.5 Å². The van der Waals surface area contributed by atoms with Crippen LogP contribution >= 0.6 is 12.4 Å². The van der Waals surface area contributed by atoms with Crippen LogP contribution in [0.4, 0.5) is 8.78 Å². The summed E-state index contributed by atoms with van der Waals surface area (Å²) in [6, 6.07) is 10.2. The van der Waals surface area contributed by atoms with Gasteiger partial charge in [0.2, 0.25) is 0 Å². The van der Waals surface area contributed by atoms with Gasteiger partial charge in [-0.2, -0.15) is 0 Å². The van der Waals surface area contributed by atoms with Crippen LogP contribution in [0.25, 0.3) is 0 Å². The second-order valence-electron chi connectivity index (χ2n) is 3.49. The molecule has 2 N–H and O–H groups in total. The van der Waals surface area contributed by atoms with Gasteiger partial charge < -0.3 is 10.5 Å². The van der Waals surface area contributed by atoms with Gasteiger partial charge in [0.1, 0.15) is 11.6 Å². The lowest BCUT2D eigenvalue weighted by Gasteiger charge is -2.07. The number of para-hydroxylation sites is 1. The summed E-state index contributed by atoms with van der Waals surface area (Å²) in [6.07, 6.45) is 0. The minimum atomic E-state index is -0.490. The molecule has 2 nitrogen and oxygen atoms in total. The molecule has 0 fully saturated rings. The van der Waals surface area contributed by atoms with Gasteiger partial charge in [-0.3, -0.25) is 0 Å². The van der Waals surface area contributed by atoms with Gasteiger partial charge in [-0.05, 0) is 18.2 Å². The Morgan fingerprint density at radius 2 is 1.72 bits per heavy atom. The summed E-state index contributed by atoms with van der Waals surface area (Å²) >= 11 is 0. The zero-order valence-electron chi connectivity index (χ0n) is 9.40.